The fourth-order valence-corrected chi connectivity index (χ4v) is 2.29. The molecule has 0 aromatic carbocycles. The van der Waals surface area contributed by atoms with Gasteiger partial charge < -0.3 is 4.74 Å². The highest BCUT2D eigenvalue weighted by atomic mass is 32.1. The first-order chi connectivity index (χ1) is 7.87. The van der Waals surface area contributed by atoms with Crippen LogP contribution in [0, 0.1) is 17.3 Å². The molecule has 0 aliphatic heterocycles. The summed E-state index contributed by atoms with van der Waals surface area (Å²) < 4.78 is 4.76. The summed E-state index contributed by atoms with van der Waals surface area (Å²) in [7, 11) is 2.22. The van der Waals surface area contributed by atoms with Crippen LogP contribution in [-0.4, -0.2) is 20.4 Å². The number of methoxy groups -OCH3 is 1. The zero-order valence-electron chi connectivity index (χ0n) is 11.0. The maximum Gasteiger partial charge on any atom is 0.347 e. The Balaban J connectivity index is 3.08. The lowest BCUT2D eigenvalue weighted by atomic mass is 9.73. The van der Waals surface area contributed by atoms with E-state index in [1.165, 1.54) is 18.4 Å². The van der Waals surface area contributed by atoms with Crippen molar-refractivity contribution >= 4 is 30.0 Å². The topological polar surface area (TPSA) is 26.3 Å². The fourth-order valence-electron chi connectivity index (χ4n) is 1.27. The fraction of sp³-hybridized carbons (Fsp3) is 0.462. The first-order valence-corrected chi connectivity index (χ1v) is 6.43. The zero-order valence-corrected chi connectivity index (χ0v) is 11.8. The second-order valence-electron chi connectivity index (χ2n) is 4.81. The molecule has 0 aliphatic carbocycles. The predicted molar refractivity (Wildman–Crippen MR) is 74.6 cm³/mol. The molecule has 90 valence electrons. The summed E-state index contributed by atoms with van der Waals surface area (Å²) >= 11 is 1.41. The molecule has 0 aliphatic rings. The van der Waals surface area contributed by atoms with E-state index in [1.807, 2.05) is 12.9 Å². The Hall–Kier alpha value is -1.21. The Bertz CT molecular complexity index is 472. The number of thiophene rings is 1. The third kappa shape index (κ3) is 3.94. The lowest BCUT2D eigenvalue weighted by Gasteiger charge is -2.06. The van der Waals surface area contributed by atoms with Gasteiger partial charge in [0, 0.05) is 5.41 Å². The second-order valence-corrected chi connectivity index (χ2v) is 5.86. The largest absolute Gasteiger partial charge is 0.465 e. The standard InChI is InChI=1S/C13H17BO2S/c1-13(2,3)7-6-9-8-10(14-4)11(17-9)12(15)16-5/h8,14H,1-5H3. The molecule has 0 unspecified atom stereocenters. The Kier molecular flexibility index (Phi) is 4.42. The molecule has 0 radical (unpaired) electrons. The van der Waals surface area contributed by atoms with Crippen LogP contribution in [0.1, 0.15) is 35.3 Å². The molecule has 1 heterocycles. The van der Waals surface area contributed by atoms with Crippen molar-refractivity contribution in [3.8, 4) is 11.8 Å². The molecule has 0 amide bonds. The Labute approximate surface area is 108 Å². The van der Waals surface area contributed by atoms with Gasteiger partial charge in [0.25, 0.3) is 0 Å². The smallest absolute Gasteiger partial charge is 0.347 e. The summed E-state index contributed by atoms with van der Waals surface area (Å²) in [6, 6.07) is 1.98. The Morgan fingerprint density at radius 3 is 2.59 bits per heavy atom. The minimum Gasteiger partial charge on any atom is -0.465 e. The third-order valence-corrected chi connectivity index (χ3v) is 3.19. The maximum absolute atomic E-state index is 11.5. The van der Waals surface area contributed by atoms with E-state index in [9.17, 15) is 4.79 Å². The van der Waals surface area contributed by atoms with E-state index in [0.29, 0.717) is 4.88 Å². The lowest BCUT2D eigenvalue weighted by Crippen LogP contribution is -2.17. The monoisotopic (exact) mass is 248 g/mol. The zero-order chi connectivity index (χ0) is 13.1. The summed E-state index contributed by atoms with van der Waals surface area (Å²) in [6.45, 7) is 8.22. The minimum atomic E-state index is -0.268. The molecule has 17 heavy (non-hydrogen) atoms. The summed E-state index contributed by atoms with van der Waals surface area (Å²) in [6.07, 6.45) is 0. The Morgan fingerprint density at radius 2 is 2.12 bits per heavy atom. The van der Waals surface area contributed by atoms with E-state index in [4.69, 9.17) is 4.74 Å². The van der Waals surface area contributed by atoms with Gasteiger partial charge in [0.15, 0.2) is 7.28 Å². The molecule has 1 aromatic heterocycles. The molecule has 0 bridgehead atoms. The highest BCUT2D eigenvalue weighted by molar-refractivity contribution is 7.15. The molecule has 1 rings (SSSR count). The van der Waals surface area contributed by atoms with Crippen molar-refractivity contribution in [1.82, 2.24) is 0 Å². The van der Waals surface area contributed by atoms with Gasteiger partial charge in [0.2, 0.25) is 0 Å². The number of carbonyl (C=O) groups excluding carboxylic acids is 1. The number of rotatable bonds is 2. The lowest BCUT2D eigenvalue weighted by molar-refractivity contribution is 0.0607. The van der Waals surface area contributed by atoms with Crippen LogP contribution in [0.3, 0.4) is 0 Å². The van der Waals surface area contributed by atoms with Crippen LogP contribution in [-0.2, 0) is 4.74 Å². The van der Waals surface area contributed by atoms with Crippen molar-refractivity contribution in [1.29, 1.82) is 0 Å². The molecule has 0 atom stereocenters. The summed E-state index contributed by atoms with van der Waals surface area (Å²) in [5.74, 6) is 6.02. The first-order valence-electron chi connectivity index (χ1n) is 5.61. The highest BCUT2D eigenvalue weighted by Gasteiger charge is 2.15. The number of esters is 1. The van der Waals surface area contributed by atoms with Crippen molar-refractivity contribution in [3.63, 3.8) is 0 Å². The van der Waals surface area contributed by atoms with E-state index in [-0.39, 0.29) is 11.4 Å². The van der Waals surface area contributed by atoms with Crippen LogP contribution in [0.15, 0.2) is 6.07 Å². The van der Waals surface area contributed by atoms with Gasteiger partial charge in [0.05, 0.1) is 12.0 Å². The number of ether oxygens (including phenoxy) is 1. The average Bonchev–Trinajstić information content (AvgIpc) is 2.67. The molecule has 0 spiro atoms. The van der Waals surface area contributed by atoms with Gasteiger partial charge >= 0.3 is 5.97 Å². The van der Waals surface area contributed by atoms with Crippen molar-refractivity contribution in [3.05, 3.63) is 15.8 Å². The maximum atomic E-state index is 11.5. The van der Waals surface area contributed by atoms with Crippen molar-refractivity contribution < 1.29 is 9.53 Å². The molecular weight excluding hydrogens is 231 g/mol. The van der Waals surface area contributed by atoms with Crippen LogP contribution >= 0.6 is 11.3 Å². The molecule has 0 N–H and O–H groups in total. The number of hydrogen-bond donors (Lipinski definition) is 0. The van der Waals surface area contributed by atoms with E-state index in [2.05, 4.69) is 32.6 Å². The van der Waals surface area contributed by atoms with E-state index >= 15 is 0 Å². The molecule has 4 heteroatoms. The van der Waals surface area contributed by atoms with Gasteiger partial charge in [-0.1, -0.05) is 24.1 Å². The van der Waals surface area contributed by atoms with E-state index in [1.54, 1.807) is 0 Å². The van der Waals surface area contributed by atoms with Gasteiger partial charge in [-0.05, 0) is 26.8 Å². The van der Waals surface area contributed by atoms with Crippen LogP contribution < -0.4 is 5.46 Å². The normalized spacial score (nSPS) is 10.4. The van der Waals surface area contributed by atoms with E-state index in [0.717, 1.165) is 17.6 Å². The van der Waals surface area contributed by atoms with Crippen LogP contribution in [0.4, 0.5) is 0 Å². The molecule has 1 aromatic rings. The molecule has 0 fully saturated rings. The minimum absolute atomic E-state index is 0.0260. The molecule has 2 nitrogen and oxygen atoms in total. The van der Waals surface area contributed by atoms with Gasteiger partial charge in [-0.15, -0.1) is 11.3 Å². The predicted octanol–water partition coefficient (Wildman–Crippen LogP) is 2.04. The van der Waals surface area contributed by atoms with Crippen molar-refractivity contribution in [2.45, 2.75) is 27.6 Å². The molecule has 0 saturated heterocycles. The third-order valence-electron chi connectivity index (χ3n) is 2.12. The quantitative estimate of drug-likeness (QED) is 0.455. The first kappa shape index (κ1) is 13.9. The molecular formula is C13H17BO2S. The van der Waals surface area contributed by atoms with Crippen LogP contribution in [0.25, 0.3) is 0 Å². The van der Waals surface area contributed by atoms with Gasteiger partial charge in [-0.25, -0.2) is 4.79 Å². The van der Waals surface area contributed by atoms with Gasteiger partial charge in [-0.2, -0.15) is 0 Å². The van der Waals surface area contributed by atoms with Gasteiger partial charge in [0.1, 0.15) is 4.88 Å². The van der Waals surface area contributed by atoms with Crippen molar-refractivity contribution in [2.24, 2.45) is 5.41 Å². The number of carbonyl (C=O) groups is 1. The summed E-state index contributed by atoms with van der Waals surface area (Å²) in [5, 5.41) is 0. The average molecular weight is 248 g/mol. The Morgan fingerprint density at radius 1 is 1.47 bits per heavy atom. The van der Waals surface area contributed by atoms with Crippen molar-refractivity contribution in [2.75, 3.05) is 7.11 Å². The molecule has 0 saturated carbocycles. The van der Waals surface area contributed by atoms with E-state index < -0.39 is 0 Å². The second kappa shape index (κ2) is 5.42. The number of hydrogen-bond acceptors (Lipinski definition) is 3. The summed E-state index contributed by atoms with van der Waals surface area (Å²) in [5.41, 5.74) is 0.988. The van der Waals surface area contributed by atoms with Crippen LogP contribution in [0.5, 0.6) is 0 Å². The highest BCUT2D eigenvalue weighted by Crippen LogP contribution is 2.16. The van der Waals surface area contributed by atoms with Gasteiger partial charge in [-0.3, -0.25) is 0 Å². The summed E-state index contributed by atoms with van der Waals surface area (Å²) in [4.78, 5) is 13.1. The SMILES string of the molecule is CBc1cc(C#CC(C)(C)C)sc1C(=O)OC. The van der Waals surface area contributed by atoms with Crippen LogP contribution in [0.2, 0.25) is 6.82 Å².